The van der Waals surface area contributed by atoms with Crippen molar-refractivity contribution in [3.05, 3.63) is 72.4 Å². The highest BCUT2D eigenvalue weighted by molar-refractivity contribution is 5.89. The molecule has 5 nitrogen and oxygen atoms in total. The number of halogens is 1. The monoisotopic (exact) mass is 319 g/mol. The maximum absolute atomic E-state index is 13.5. The molecule has 2 heterocycles. The number of hydrogen-bond donors (Lipinski definition) is 1. The second-order valence-electron chi connectivity index (χ2n) is 5.49. The molecule has 6 heteroatoms. The molecule has 0 aliphatic carbocycles. The Kier molecular flexibility index (Phi) is 3.42. The molecule has 0 bridgehead atoms. The molecule has 24 heavy (non-hydrogen) atoms. The third-order valence-electron chi connectivity index (χ3n) is 3.73. The Bertz CT molecular complexity index is 1010. The summed E-state index contributed by atoms with van der Waals surface area (Å²) in [5.41, 5.74) is 3.35. The molecule has 0 amide bonds. The van der Waals surface area contributed by atoms with Crippen molar-refractivity contribution < 1.29 is 4.39 Å². The molecule has 0 aliphatic rings. The Morgan fingerprint density at radius 3 is 2.67 bits per heavy atom. The number of rotatable bonds is 3. The normalized spacial score (nSPS) is 10.9. The average Bonchev–Trinajstić information content (AvgIpc) is 3.02. The lowest BCUT2D eigenvalue weighted by atomic mass is 10.2. The van der Waals surface area contributed by atoms with E-state index >= 15 is 0 Å². The summed E-state index contributed by atoms with van der Waals surface area (Å²) in [5.74, 6) is 0.342. The van der Waals surface area contributed by atoms with Gasteiger partial charge in [0.05, 0.1) is 17.3 Å². The van der Waals surface area contributed by atoms with Crippen LogP contribution in [0.3, 0.4) is 0 Å². The minimum Gasteiger partial charge on any atom is -0.340 e. The summed E-state index contributed by atoms with van der Waals surface area (Å²) >= 11 is 0. The number of nitrogens with one attached hydrogen (secondary N) is 1. The predicted octanol–water partition coefficient (Wildman–Crippen LogP) is 4.01. The molecule has 2 aromatic heterocycles. The zero-order chi connectivity index (χ0) is 16.5. The summed E-state index contributed by atoms with van der Waals surface area (Å²) in [4.78, 5) is 8.59. The molecule has 0 radical (unpaired) electrons. The minimum atomic E-state index is -0.316. The second-order valence-corrected chi connectivity index (χ2v) is 5.49. The summed E-state index contributed by atoms with van der Waals surface area (Å²) in [6, 6.07) is 14.3. The molecular weight excluding hydrogens is 305 g/mol. The number of anilines is 2. The van der Waals surface area contributed by atoms with E-state index in [1.807, 2.05) is 31.2 Å². The predicted molar refractivity (Wildman–Crippen MR) is 91.1 cm³/mol. The Morgan fingerprint density at radius 2 is 1.88 bits per heavy atom. The van der Waals surface area contributed by atoms with Crippen LogP contribution in [0.1, 0.15) is 5.56 Å². The first-order valence-corrected chi connectivity index (χ1v) is 7.49. The molecule has 2 aromatic carbocycles. The minimum absolute atomic E-state index is 0.316. The lowest BCUT2D eigenvalue weighted by Gasteiger charge is -2.07. The fourth-order valence-corrected chi connectivity index (χ4v) is 2.51. The summed E-state index contributed by atoms with van der Waals surface area (Å²) < 4.78 is 15.1. The summed E-state index contributed by atoms with van der Waals surface area (Å²) in [6.07, 6.45) is 3.15. The van der Waals surface area contributed by atoms with E-state index in [1.54, 1.807) is 23.0 Å². The topological polar surface area (TPSA) is 55.6 Å². The number of hydrogen-bond acceptors (Lipinski definition) is 4. The van der Waals surface area contributed by atoms with E-state index in [0.29, 0.717) is 17.2 Å². The number of aromatic nitrogens is 4. The van der Waals surface area contributed by atoms with E-state index < -0.39 is 0 Å². The quantitative estimate of drug-likeness (QED) is 0.620. The fraction of sp³-hybridized carbons (Fsp3) is 0.0556. The van der Waals surface area contributed by atoms with Crippen LogP contribution in [-0.4, -0.2) is 19.7 Å². The van der Waals surface area contributed by atoms with E-state index in [2.05, 4.69) is 20.4 Å². The number of benzene rings is 2. The Morgan fingerprint density at radius 1 is 1.04 bits per heavy atom. The van der Waals surface area contributed by atoms with Gasteiger partial charge in [-0.25, -0.2) is 19.0 Å². The van der Waals surface area contributed by atoms with Gasteiger partial charge in [0.15, 0.2) is 5.65 Å². The molecule has 0 fully saturated rings. The van der Waals surface area contributed by atoms with Crippen LogP contribution >= 0.6 is 0 Å². The van der Waals surface area contributed by atoms with Gasteiger partial charge in [0.2, 0.25) is 0 Å². The Labute approximate surface area is 137 Å². The van der Waals surface area contributed by atoms with Crippen LogP contribution in [-0.2, 0) is 0 Å². The van der Waals surface area contributed by atoms with E-state index in [0.717, 1.165) is 11.1 Å². The molecule has 0 unspecified atom stereocenters. The van der Waals surface area contributed by atoms with Crippen LogP contribution in [0.25, 0.3) is 16.7 Å². The summed E-state index contributed by atoms with van der Waals surface area (Å²) in [6.45, 7) is 2.04. The maximum Gasteiger partial charge on any atom is 0.168 e. The van der Waals surface area contributed by atoms with Crippen molar-refractivity contribution in [2.24, 2.45) is 0 Å². The van der Waals surface area contributed by atoms with Crippen LogP contribution in [0.2, 0.25) is 0 Å². The highest BCUT2D eigenvalue weighted by Gasteiger charge is 2.11. The standard InChI is InChI=1S/C18H14FN5/c1-12-5-7-14(8-6-12)23-17-16-10-22-24(18(16)21-11-20-17)15-4-2-3-13(19)9-15/h2-11H,1H3,(H,20,21,23). The third-order valence-corrected chi connectivity index (χ3v) is 3.73. The highest BCUT2D eigenvalue weighted by Crippen LogP contribution is 2.24. The Hall–Kier alpha value is -3.28. The molecule has 0 saturated carbocycles. The van der Waals surface area contributed by atoms with Crippen LogP contribution < -0.4 is 5.32 Å². The van der Waals surface area contributed by atoms with Crippen molar-refractivity contribution in [1.82, 2.24) is 19.7 Å². The van der Waals surface area contributed by atoms with Gasteiger partial charge in [-0.05, 0) is 37.3 Å². The van der Waals surface area contributed by atoms with Crippen molar-refractivity contribution in [3.63, 3.8) is 0 Å². The molecule has 0 spiro atoms. The lowest BCUT2D eigenvalue weighted by Crippen LogP contribution is -2.00. The van der Waals surface area contributed by atoms with Crippen molar-refractivity contribution in [1.29, 1.82) is 0 Å². The van der Waals surface area contributed by atoms with Gasteiger partial charge in [0, 0.05) is 5.69 Å². The van der Waals surface area contributed by atoms with Gasteiger partial charge in [-0.15, -0.1) is 0 Å². The molecule has 0 saturated heterocycles. The van der Waals surface area contributed by atoms with Crippen molar-refractivity contribution in [3.8, 4) is 5.69 Å². The van der Waals surface area contributed by atoms with Gasteiger partial charge >= 0.3 is 0 Å². The second kappa shape index (κ2) is 5.73. The number of fused-ring (bicyclic) bond motifs is 1. The number of nitrogens with zero attached hydrogens (tertiary/aromatic N) is 4. The number of aryl methyl sites for hydroxylation is 1. The van der Waals surface area contributed by atoms with E-state index in [9.17, 15) is 4.39 Å². The third kappa shape index (κ3) is 2.58. The molecule has 118 valence electrons. The first-order chi connectivity index (χ1) is 11.7. The van der Waals surface area contributed by atoms with E-state index in [1.165, 1.54) is 24.0 Å². The van der Waals surface area contributed by atoms with Gasteiger partial charge in [0.25, 0.3) is 0 Å². The zero-order valence-corrected chi connectivity index (χ0v) is 12.9. The van der Waals surface area contributed by atoms with Crippen molar-refractivity contribution in [2.45, 2.75) is 6.92 Å². The molecule has 0 atom stereocenters. The van der Waals surface area contributed by atoms with Crippen LogP contribution in [0, 0.1) is 12.7 Å². The van der Waals surface area contributed by atoms with Crippen LogP contribution in [0.15, 0.2) is 61.1 Å². The van der Waals surface area contributed by atoms with Crippen LogP contribution in [0.4, 0.5) is 15.9 Å². The maximum atomic E-state index is 13.5. The molecule has 4 aromatic rings. The zero-order valence-electron chi connectivity index (χ0n) is 12.9. The fourth-order valence-electron chi connectivity index (χ4n) is 2.51. The highest BCUT2D eigenvalue weighted by atomic mass is 19.1. The van der Waals surface area contributed by atoms with Gasteiger partial charge < -0.3 is 5.32 Å². The largest absolute Gasteiger partial charge is 0.340 e. The average molecular weight is 319 g/mol. The first-order valence-electron chi connectivity index (χ1n) is 7.49. The van der Waals surface area contributed by atoms with Gasteiger partial charge in [0.1, 0.15) is 18.0 Å². The summed E-state index contributed by atoms with van der Waals surface area (Å²) in [7, 11) is 0. The lowest BCUT2D eigenvalue weighted by molar-refractivity contribution is 0.625. The van der Waals surface area contributed by atoms with Crippen molar-refractivity contribution in [2.75, 3.05) is 5.32 Å². The molecule has 1 N–H and O–H groups in total. The van der Waals surface area contributed by atoms with Crippen LogP contribution in [0.5, 0.6) is 0 Å². The van der Waals surface area contributed by atoms with Crippen molar-refractivity contribution >= 4 is 22.5 Å². The van der Waals surface area contributed by atoms with Gasteiger partial charge in [-0.1, -0.05) is 23.8 Å². The van der Waals surface area contributed by atoms with Gasteiger partial charge in [-0.3, -0.25) is 0 Å². The van der Waals surface area contributed by atoms with Gasteiger partial charge in [-0.2, -0.15) is 5.10 Å². The van der Waals surface area contributed by atoms with E-state index in [4.69, 9.17) is 0 Å². The first kappa shape index (κ1) is 14.3. The van der Waals surface area contributed by atoms with E-state index in [-0.39, 0.29) is 5.82 Å². The smallest absolute Gasteiger partial charge is 0.168 e. The molecule has 0 aliphatic heterocycles. The molecule has 4 rings (SSSR count). The Balaban J connectivity index is 1.77. The SMILES string of the molecule is Cc1ccc(Nc2ncnc3c2cnn3-c2cccc(F)c2)cc1. The molecular formula is C18H14FN5. The summed E-state index contributed by atoms with van der Waals surface area (Å²) in [5, 5.41) is 8.37.